The normalized spacial score (nSPS) is 10.8. The van der Waals surface area contributed by atoms with Crippen LogP contribution in [0.3, 0.4) is 0 Å². The van der Waals surface area contributed by atoms with Crippen LogP contribution < -0.4 is 16.6 Å². The van der Waals surface area contributed by atoms with Gasteiger partial charge in [-0.3, -0.25) is 5.43 Å². The van der Waals surface area contributed by atoms with Crippen molar-refractivity contribution in [1.82, 2.24) is 9.97 Å². The van der Waals surface area contributed by atoms with Crippen LogP contribution in [-0.4, -0.2) is 9.97 Å². The van der Waals surface area contributed by atoms with Crippen LogP contribution in [0.5, 0.6) is 0 Å². The van der Waals surface area contributed by atoms with Crippen molar-refractivity contribution in [3.8, 4) is 0 Å². The highest BCUT2D eigenvalue weighted by Crippen LogP contribution is 2.32. The molecule has 0 spiro atoms. The summed E-state index contributed by atoms with van der Waals surface area (Å²) in [5.74, 6) is 5.75. The first-order chi connectivity index (χ1) is 9.69. The molecule has 0 fully saturated rings. The average molecular weight is 354 g/mol. The largest absolute Gasteiger partial charge is 0.336 e. The molecule has 5 nitrogen and oxygen atoms in total. The van der Waals surface area contributed by atoms with Gasteiger partial charge in [0.15, 0.2) is 0 Å². The fourth-order valence-corrected chi connectivity index (χ4v) is 2.96. The smallest absolute Gasteiger partial charge is 0.240 e. The van der Waals surface area contributed by atoms with E-state index in [0.29, 0.717) is 16.0 Å². The predicted molar refractivity (Wildman–Crippen MR) is 82.6 cm³/mol. The van der Waals surface area contributed by atoms with E-state index in [-0.39, 0.29) is 11.8 Å². The molecule has 8 heteroatoms. The van der Waals surface area contributed by atoms with Crippen molar-refractivity contribution < 1.29 is 4.39 Å². The van der Waals surface area contributed by atoms with Gasteiger partial charge in [0.2, 0.25) is 5.95 Å². The van der Waals surface area contributed by atoms with Crippen molar-refractivity contribution in [1.29, 1.82) is 0 Å². The molecule has 0 aliphatic rings. The van der Waals surface area contributed by atoms with Crippen LogP contribution in [0.4, 0.5) is 21.8 Å². The third-order valence-corrected chi connectivity index (χ3v) is 4.13. The zero-order chi connectivity index (χ0) is 14.1. The van der Waals surface area contributed by atoms with Crippen molar-refractivity contribution in [2.75, 3.05) is 10.7 Å². The predicted octanol–water partition coefficient (Wildman–Crippen LogP) is 3.62. The van der Waals surface area contributed by atoms with Gasteiger partial charge in [-0.2, -0.15) is 4.98 Å². The lowest BCUT2D eigenvalue weighted by Gasteiger charge is -2.10. The van der Waals surface area contributed by atoms with Crippen LogP contribution in [0.15, 0.2) is 34.1 Å². The van der Waals surface area contributed by atoms with E-state index < -0.39 is 0 Å². The minimum Gasteiger partial charge on any atom is -0.336 e. The van der Waals surface area contributed by atoms with Crippen LogP contribution in [0.25, 0.3) is 10.2 Å². The minimum atomic E-state index is -0.372. The standard InChI is InChI=1S/C12H9BrFN5S/c13-7-2-1-3-8(14)9(7)16-10-6-4-5-20-11(6)18-12(17-10)19-15/h1-5H,15H2,(H2,16,17,18,19). The number of nitrogens with zero attached hydrogens (tertiary/aromatic N) is 2. The number of benzene rings is 1. The quantitative estimate of drug-likeness (QED) is 0.495. The van der Waals surface area contributed by atoms with Crippen molar-refractivity contribution in [3.63, 3.8) is 0 Å². The number of aromatic nitrogens is 2. The van der Waals surface area contributed by atoms with Gasteiger partial charge in [0, 0.05) is 4.47 Å². The molecule has 3 aromatic rings. The molecular formula is C12H9BrFN5S. The summed E-state index contributed by atoms with van der Waals surface area (Å²) in [6, 6.07) is 6.62. The van der Waals surface area contributed by atoms with E-state index in [0.717, 1.165) is 10.2 Å². The Balaban J connectivity index is 2.12. The molecule has 2 aromatic heterocycles. The van der Waals surface area contributed by atoms with Gasteiger partial charge < -0.3 is 5.32 Å². The summed E-state index contributed by atoms with van der Waals surface area (Å²) in [6.45, 7) is 0. The third-order valence-electron chi connectivity index (χ3n) is 2.66. The number of hydrazine groups is 1. The first-order valence-electron chi connectivity index (χ1n) is 5.62. The van der Waals surface area contributed by atoms with Crippen molar-refractivity contribution in [2.45, 2.75) is 0 Å². The Labute approximate surface area is 126 Å². The van der Waals surface area contributed by atoms with Crippen LogP contribution in [0.1, 0.15) is 0 Å². The molecule has 102 valence electrons. The van der Waals surface area contributed by atoms with Crippen molar-refractivity contribution in [2.24, 2.45) is 5.84 Å². The number of hydrogen-bond acceptors (Lipinski definition) is 6. The highest BCUT2D eigenvalue weighted by molar-refractivity contribution is 9.10. The van der Waals surface area contributed by atoms with Crippen LogP contribution >= 0.6 is 27.3 Å². The first kappa shape index (κ1) is 13.2. The number of rotatable bonds is 3. The number of halogens is 2. The highest BCUT2D eigenvalue weighted by Gasteiger charge is 2.12. The van der Waals surface area contributed by atoms with E-state index in [1.54, 1.807) is 12.1 Å². The Morgan fingerprint density at radius 1 is 1.25 bits per heavy atom. The molecule has 0 radical (unpaired) electrons. The van der Waals surface area contributed by atoms with E-state index >= 15 is 0 Å². The molecule has 1 aromatic carbocycles. The second-order valence-corrected chi connectivity index (χ2v) is 5.65. The molecule has 2 heterocycles. The van der Waals surface area contributed by atoms with Gasteiger partial charge >= 0.3 is 0 Å². The van der Waals surface area contributed by atoms with E-state index in [1.807, 2.05) is 11.4 Å². The monoisotopic (exact) mass is 353 g/mol. The second-order valence-electron chi connectivity index (χ2n) is 3.90. The Morgan fingerprint density at radius 3 is 2.85 bits per heavy atom. The Bertz CT molecular complexity index is 755. The van der Waals surface area contributed by atoms with E-state index in [4.69, 9.17) is 5.84 Å². The summed E-state index contributed by atoms with van der Waals surface area (Å²) >= 11 is 4.77. The van der Waals surface area contributed by atoms with Crippen molar-refractivity contribution >= 4 is 54.9 Å². The molecule has 0 aliphatic carbocycles. The molecule has 0 bridgehead atoms. The molecular weight excluding hydrogens is 345 g/mol. The Hall–Kier alpha value is -1.77. The maximum Gasteiger partial charge on any atom is 0.240 e. The fourth-order valence-electron chi connectivity index (χ4n) is 1.75. The first-order valence-corrected chi connectivity index (χ1v) is 7.29. The molecule has 0 aliphatic heterocycles. The molecule has 0 saturated heterocycles. The maximum absolute atomic E-state index is 13.9. The van der Waals surface area contributed by atoms with E-state index in [2.05, 4.69) is 36.6 Å². The fraction of sp³-hybridized carbons (Fsp3) is 0. The topological polar surface area (TPSA) is 75.9 Å². The third kappa shape index (κ3) is 2.33. The van der Waals surface area contributed by atoms with E-state index in [9.17, 15) is 4.39 Å². The van der Waals surface area contributed by atoms with Gasteiger partial charge in [0.1, 0.15) is 16.5 Å². The summed E-state index contributed by atoms with van der Waals surface area (Å²) in [6.07, 6.45) is 0. The second kappa shape index (κ2) is 5.31. The molecule has 0 saturated carbocycles. The number of nitrogen functional groups attached to an aromatic ring is 1. The zero-order valence-corrected chi connectivity index (χ0v) is 12.4. The molecule has 20 heavy (non-hydrogen) atoms. The van der Waals surface area contributed by atoms with E-state index in [1.165, 1.54) is 17.4 Å². The molecule has 0 unspecified atom stereocenters. The number of anilines is 3. The van der Waals surface area contributed by atoms with Crippen LogP contribution in [0.2, 0.25) is 0 Å². The summed E-state index contributed by atoms with van der Waals surface area (Å²) in [5, 5.41) is 5.68. The van der Waals surface area contributed by atoms with Gasteiger partial charge in [-0.25, -0.2) is 15.2 Å². The highest BCUT2D eigenvalue weighted by atomic mass is 79.9. The lowest BCUT2D eigenvalue weighted by Crippen LogP contribution is -2.11. The summed E-state index contributed by atoms with van der Waals surface area (Å²) < 4.78 is 14.5. The number of thiophene rings is 1. The zero-order valence-electron chi connectivity index (χ0n) is 10.0. The lowest BCUT2D eigenvalue weighted by atomic mass is 10.3. The molecule has 0 amide bonds. The molecule has 4 N–H and O–H groups in total. The Kier molecular flexibility index (Phi) is 3.51. The minimum absolute atomic E-state index is 0.273. The van der Waals surface area contributed by atoms with Crippen molar-refractivity contribution in [3.05, 3.63) is 39.9 Å². The SMILES string of the molecule is NNc1nc(Nc2c(F)cccc2Br)c2ccsc2n1. The number of fused-ring (bicyclic) bond motifs is 1. The maximum atomic E-state index is 13.9. The number of hydrogen-bond donors (Lipinski definition) is 3. The summed E-state index contributed by atoms with van der Waals surface area (Å²) in [7, 11) is 0. The Morgan fingerprint density at radius 2 is 2.10 bits per heavy atom. The van der Waals surface area contributed by atoms with Gasteiger partial charge in [0.25, 0.3) is 0 Å². The van der Waals surface area contributed by atoms with Gasteiger partial charge in [-0.05, 0) is 39.5 Å². The number of para-hydroxylation sites is 1. The summed E-state index contributed by atoms with van der Waals surface area (Å²) in [5.41, 5.74) is 2.72. The average Bonchev–Trinajstić information content (AvgIpc) is 2.91. The molecule has 0 atom stereocenters. The van der Waals surface area contributed by atoms with Gasteiger partial charge in [-0.1, -0.05) is 6.07 Å². The number of nitrogens with two attached hydrogens (primary N) is 1. The van der Waals surface area contributed by atoms with Gasteiger partial charge in [-0.15, -0.1) is 11.3 Å². The van der Waals surface area contributed by atoms with Crippen LogP contribution in [0, 0.1) is 5.82 Å². The molecule has 3 rings (SSSR count). The lowest BCUT2D eigenvalue weighted by molar-refractivity contribution is 0.631. The summed E-state index contributed by atoms with van der Waals surface area (Å²) in [4.78, 5) is 9.22. The number of nitrogens with one attached hydrogen (secondary N) is 2. The van der Waals surface area contributed by atoms with Gasteiger partial charge in [0.05, 0.1) is 11.1 Å². The van der Waals surface area contributed by atoms with Crippen LogP contribution in [-0.2, 0) is 0 Å².